The van der Waals surface area contributed by atoms with Gasteiger partial charge >= 0.3 is 5.97 Å². The molecule has 172 valence electrons. The molecule has 0 unspecified atom stereocenters. The summed E-state index contributed by atoms with van der Waals surface area (Å²) in [6.07, 6.45) is 12.9. The zero-order valence-corrected chi connectivity index (χ0v) is 19.0. The van der Waals surface area contributed by atoms with Gasteiger partial charge in [-0.3, -0.25) is 15.1 Å². The zero-order chi connectivity index (χ0) is 22.3. The molecule has 0 saturated heterocycles. The number of carboxylic acids is 1. The summed E-state index contributed by atoms with van der Waals surface area (Å²) in [6.45, 7) is 4.91. The molecule has 5 rings (SSSR count). The highest BCUT2D eigenvalue weighted by atomic mass is 16.7. The number of rotatable bonds is 5. The normalized spacial score (nSPS) is 26.3. The van der Waals surface area contributed by atoms with Crippen LogP contribution in [0.5, 0.6) is 0 Å². The van der Waals surface area contributed by atoms with Crippen LogP contribution < -0.4 is 10.8 Å². The lowest BCUT2D eigenvalue weighted by Crippen LogP contribution is -2.36. The lowest BCUT2D eigenvalue weighted by Gasteiger charge is -2.32. The maximum absolute atomic E-state index is 11.4. The van der Waals surface area contributed by atoms with E-state index in [9.17, 15) is 9.90 Å². The fourth-order valence-electron chi connectivity index (χ4n) is 5.55. The van der Waals surface area contributed by atoms with Crippen LogP contribution in [-0.2, 0) is 16.2 Å². The molecule has 0 atom stereocenters. The Kier molecular flexibility index (Phi) is 5.57. The molecular weight excluding hydrogens is 406 g/mol. The number of pyridine rings is 1. The number of nitrogens with zero attached hydrogens (tertiary/aromatic N) is 3. The van der Waals surface area contributed by atoms with Gasteiger partial charge in [0.05, 0.1) is 28.4 Å². The number of nitrogens with one attached hydrogen (secondary N) is 2. The number of carboxylic acid groups (broad SMARTS) is 1. The summed E-state index contributed by atoms with van der Waals surface area (Å²) in [6, 6.07) is 0.445. The first-order valence-electron chi connectivity index (χ1n) is 12.0. The van der Waals surface area contributed by atoms with Gasteiger partial charge in [0.2, 0.25) is 0 Å². The Labute approximate surface area is 188 Å². The number of hydrogen-bond donors (Lipinski definition) is 3. The molecule has 1 aliphatic heterocycles. The van der Waals surface area contributed by atoms with E-state index in [1.807, 2.05) is 17.8 Å². The van der Waals surface area contributed by atoms with Gasteiger partial charge in [-0.2, -0.15) is 5.10 Å². The number of aryl methyl sites for hydroxylation is 2. The minimum Gasteiger partial charge on any atom is -0.481 e. The first kappa shape index (κ1) is 21.2. The molecule has 2 aromatic rings. The third-order valence-corrected chi connectivity index (χ3v) is 7.43. The number of hydroxylamine groups is 1. The molecule has 8 heteroatoms. The maximum Gasteiger partial charge on any atom is 0.306 e. The molecule has 2 saturated carbocycles. The molecule has 3 aliphatic rings. The Bertz CT molecular complexity index is 1050. The van der Waals surface area contributed by atoms with Crippen molar-refractivity contribution in [1.82, 2.24) is 20.2 Å². The second-order valence-electron chi connectivity index (χ2n) is 9.57. The summed E-state index contributed by atoms with van der Waals surface area (Å²) in [4.78, 5) is 22.2. The van der Waals surface area contributed by atoms with E-state index in [2.05, 4.69) is 23.8 Å². The quantitative estimate of drug-likeness (QED) is 0.635. The van der Waals surface area contributed by atoms with Gasteiger partial charge in [0.15, 0.2) is 5.65 Å². The van der Waals surface area contributed by atoms with Crippen molar-refractivity contribution < 1.29 is 14.7 Å². The van der Waals surface area contributed by atoms with Crippen LogP contribution in [0, 0.1) is 12.8 Å². The van der Waals surface area contributed by atoms with E-state index in [0.717, 1.165) is 40.2 Å². The van der Waals surface area contributed by atoms with Crippen LogP contribution >= 0.6 is 0 Å². The van der Waals surface area contributed by atoms with Crippen molar-refractivity contribution in [2.24, 2.45) is 5.92 Å². The summed E-state index contributed by atoms with van der Waals surface area (Å²) in [5.74, 6) is -0.974. The van der Waals surface area contributed by atoms with Crippen LogP contribution in [0.2, 0.25) is 0 Å². The van der Waals surface area contributed by atoms with Gasteiger partial charge in [-0.1, -0.05) is 19.3 Å². The number of fused-ring (bicyclic) bond motifs is 1. The van der Waals surface area contributed by atoms with Crippen LogP contribution in [0.1, 0.15) is 76.0 Å². The first-order valence-corrected chi connectivity index (χ1v) is 12.0. The molecule has 0 bridgehead atoms. The van der Waals surface area contributed by atoms with E-state index in [-0.39, 0.29) is 5.92 Å². The summed E-state index contributed by atoms with van der Waals surface area (Å²) in [7, 11) is 0. The fourth-order valence-corrected chi connectivity index (χ4v) is 5.55. The lowest BCUT2D eigenvalue weighted by molar-refractivity contribution is -0.145. The van der Waals surface area contributed by atoms with Crippen LogP contribution in [-0.4, -0.2) is 37.5 Å². The standard InChI is InChI=1S/C24H33N5O3/c1-3-29-22-20(15(2)27-29)21(26-17-7-5-4-6-8-17)18(14-25-22)19-13-24(32-28-19)11-9-16(10-12-24)23(30)31/h13-14,16-17,28H,3-12H2,1-2H3,(H,25,26)(H,30,31). The smallest absolute Gasteiger partial charge is 0.306 e. The molecule has 0 aromatic carbocycles. The fraction of sp³-hybridized carbons (Fsp3) is 0.625. The Hall–Kier alpha value is -2.61. The lowest BCUT2D eigenvalue weighted by atomic mass is 9.78. The number of aromatic nitrogens is 3. The van der Waals surface area contributed by atoms with Gasteiger partial charge in [-0.05, 0) is 58.4 Å². The molecule has 3 N–H and O–H groups in total. The molecule has 2 aliphatic carbocycles. The van der Waals surface area contributed by atoms with Gasteiger partial charge in [0.1, 0.15) is 5.60 Å². The highest BCUT2D eigenvalue weighted by molar-refractivity contribution is 5.97. The molecule has 32 heavy (non-hydrogen) atoms. The molecule has 2 aromatic heterocycles. The molecule has 2 fully saturated rings. The average Bonchev–Trinajstić information content (AvgIpc) is 3.36. The maximum atomic E-state index is 11.4. The molecule has 8 nitrogen and oxygen atoms in total. The Morgan fingerprint density at radius 2 is 2.03 bits per heavy atom. The monoisotopic (exact) mass is 439 g/mol. The summed E-state index contributed by atoms with van der Waals surface area (Å²) >= 11 is 0. The van der Waals surface area contributed by atoms with E-state index >= 15 is 0 Å². The molecule has 1 spiro atoms. The number of carbonyl (C=O) groups is 1. The van der Waals surface area contributed by atoms with E-state index in [1.54, 1.807) is 0 Å². The molecule has 3 heterocycles. The SMILES string of the molecule is CCn1nc(C)c2c(NC3CCCCC3)c(C3=CC4(CCC(C(=O)O)CC4)ON3)cnc21. The van der Waals surface area contributed by atoms with E-state index in [1.165, 1.54) is 32.1 Å². The second kappa shape index (κ2) is 8.39. The largest absolute Gasteiger partial charge is 0.481 e. The van der Waals surface area contributed by atoms with Gasteiger partial charge in [0, 0.05) is 24.3 Å². The van der Waals surface area contributed by atoms with E-state index < -0.39 is 11.6 Å². The van der Waals surface area contributed by atoms with Crippen molar-refractivity contribution in [2.45, 2.75) is 89.8 Å². The third-order valence-electron chi connectivity index (χ3n) is 7.43. The predicted molar refractivity (Wildman–Crippen MR) is 123 cm³/mol. The van der Waals surface area contributed by atoms with Gasteiger partial charge in [-0.25, -0.2) is 9.67 Å². The van der Waals surface area contributed by atoms with Gasteiger partial charge in [-0.15, -0.1) is 0 Å². The molecule has 0 radical (unpaired) electrons. The molecular formula is C24H33N5O3. The topological polar surface area (TPSA) is 101 Å². The van der Waals surface area contributed by atoms with Gasteiger partial charge in [0.25, 0.3) is 0 Å². The first-order chi connectivity index (χ1) is 15.5. The highest BCUT2D eigenvalue weighted by Gasteiger charge is 2.41. The third kappa shape index (κ3) is 3.74. The molecule has 0 amide bonds. The number of hydrogen-bond acceptors (Lipinski definition) is 6. The Balaban J connectivity index is 1.52. The van der Waals surface area contributed by atoms with Crippen molar-refractivity contribution in [3.63, 3.8) is 0 Å². The Morgan fingerprint density at radius 3 is 2.72 bits per heavy atom. The summed E-state index contributed by atoms with van der Waals surface area (Å²) < 4.78 is 1.96. The second-order valence-corrected chi connectivity index (χ2v) is 9.57. The van der Waals surface area contributed by atoms with E-state index in [4.69, 9.17) is 14.9 Å². The Morgan fingerprint density at radius 1 is 1.28 bits per heavy atom. The minimum absolute atomic E-state index is 0.272. The zero-order valence-electron chi connectivity index (χ0n) is 19.0. The average molecular weight is 440 g/mol. The minimum atomic E-state index is -0.702. The summed E-state index contributed by atoms with van der Waals surface area (Å²) in [5, 5.41) is 19.0. The van der Waals surface area contributed by atoms with Crippen molar-refractivity contribution in [2.75, 3.05) is 5.32 Å². The van der Waals surface area contributed by atoms with Crippen molar-refractivity contribution in [3.05, 3.63) is 23.5 Å². The van der Waals surface area contributed by atoms with Crippen LogP contribution in [0.25, 0.3) is 16.7 Å². The number of aliphatic carboxylic acids is 1. The van der Waals surface area contributed by atoms with Crippen LogP contribution in [0.4, 0.5) is 5.69 Å². The predicted octanol–water partition coefficient (Wildman–Crippen LogP) is 4.39. The van der Waals surface area contributed by atoms with Crippen molar-refractivity contribution >= 4 is 28.4 Å². The number of anilines is 1. The van der Waals surface area contributed by atoms with Crippen LogP contribution in [0.3, 0.4) is 0 Å². The highest BCUT2D eigenvalue weighted by Crippen LogP contribution is 2.42. The van der Waals surface area contributed by atoms with Gasteiger partial charge < -0.3 is 10.4 Å². The van der Waals surface area contributed by atoms with Crippen molar-refractivity contribution in [3.8, 4) is 0 Å². The van der Waals surface area contributed by atoms with Crippen LogP contribution in [0.15, 0.2) is 12.3 Å². The van der Waals surface area contributed by atoms with Crippen molar-refractivity contribution in [1.29, 1.82) is 0 Å². The van der Waals surface area contributed by atoms with E-state index in [0.29, 0.717) is 31.7 Å². The summed E-state index contributed by atoms with van der Waals surface area (Å²) in [5.41, 5.74) is 7.60.